The van der Waals surface area contributed by atoms with Gasteiger partial charge >= 0.3 is 11.9 Å². The number of ether oxygens (including phenoxy) is 2. The summed E-state index contributed by atoms with van der Waals surface area (Å²) in [6.45, 7) is 3.93. The van der Waals surface area contributed by atoms with Crippen LogP contribution in [0.2, 0.25) is 0 Å². The molecule has 0 saturated heterocycles. The number of carbonyl (C=O) groups is 2. The molecule has 0 spiro atoms. The van der Waals surface area contributed by atoms with E-state index in [2.05, 4.69) is 111 Å². The highest BCUT2D eigenvalue weighted by atomic mass is 16.6. The van der Waals surface area contributed by atoms with Crippen LogP contribution >= 0.6 is 0 Å². The Morgan fingerprint density at radius 1 is 0.429 bits per heavy atom. The number of hydrogen-bond donors (Lipinski definition) is 1. The van der Waals surface area contributed by atoms with E-state index in [9.17, 15) is 14.7 Å². The number of carbonyl (C=O) groups excluding carboxylic acids is 2. The third kappa shape index (κ3) is 43.3. The highest BCUT2D eigenvalue weighted by Gasteiger charge is 2.15. The molecule has 5 nitrogen and oxygen atoms in total. The number of aliphatic hydroxyl groups excluding tert-OH is 1. The fourth-order valence-corrected chi connectivity index (χ4v) is 5.70. The standard InChI is InChI=1S/C51H82O5/c1-3-5-7-9-11-13-15-17-19-21-23-24-25-26-28-29-31-33-35-37-39-41-43-45-50(53)55-48-49(47-52)56-51(54)46-44-42-40-38-36-34-32-30-27-22-20-18-16-14-12-10-8-6-4-2/h6,8,12,14-15,17-18,20-21,23,25-27,30,34,36,40,42,49,52H,3-5,7,9-11,13,16,19,22,24,28-29,31-33,35,37-39,41,43-48H2,1-2H3/b8-6-,14-12-,17-15-,20-18-,23-21-,26-25-,30-27-,36-34-,42-40-. The summed E-state index contributed by atoms with van der Waals surface area (Å²) in [5.74, 6) is -0.706. The number of hydrogen-bond acceptors (Lipinski definition) is 5. The van der Waals surface area contributed by atoms with Crippen LogP contribution in [-0.2, 0) is 19.1 Å². The first-order valence-electron chi connectivity index (χ1n) is 22.4. The molecule has 0 bridgehead atoms. The quantitative estimate of drug-likeness (QED) is 0.0382. The van der Waals surface area contributed by atoms with Crippen LogP contribution in [0.4, 0.5) is 0 Å². The summed E-state index contributed by atoms with van der Waals surface area (Å²) in [7, 11) is 0. The summed E-state index contributed by atoms with van der Waals surface area (Å²) in [5, 5.41) is 9.58. The van der Waals surface area contributed by atoms with Crippen molar-refractivity contribution in [2.75, 3.05) is 13.2 Å². The monoisotopic (exact) mass is 775 g/mol. The molecule has 0 heterocycles. The van der Waals surface area contributed by atoms with Gasteiger partial charge in [-0.2, -0.15) is 0 Å². The van der Waals surface area contributed by atoms with E-state index in [1.54, 1.807) is 0 Å². The van der Waals surface area contributed by atoms with E-state index in [1.165, 1.54) is 70.6 Å². The zero-order valence-electron chi connectivity index (χ0n) is 35.8. The molecular formula is C51H82O5. The molecule has 0 aromatic carbocycles. The lowest BCUT2D eigenvalue weighted by molar-refractivity contribution is -0.161. The van der Waals surface area contributed by atoms with Gasteiger partial charge in [-0.1, -0.05) is 187 Å². The van der Waals surface area contributed by atoms with Crippen molar-refractivity contribution in [3.05, 3.63) is 109 Å². The first-order valence-corrected chi connectivity index (χ1v) is 22.4. The van der Waals surface area contributed by atoms with Gasteiger partial charge in [-0.15, -0.1) is 0 Å². The maximum atomic E-state index is 12.2. The van der Waals surface area contributed by atoms with Crippen molar-refractivity contribution in [3.63, 3.8) is 0 Å². The number of allylic oxidation sites excluding steroid dienone is 18. The minimum absolute atomic E-state index is 0.107. The Hall–Kier alpha value is -3.44. The Bertz CT molecular complexity index is 1150. The second kappa shape index (κ2) is 45.9. The summed E-state index contributed by atoms with van der Waals surface area (Å²) < 4.78 is 10.6. The van der Waals surface area contributed by atoms with Gasteiger partial charge in [0.2, 0.25) is 0 Å². The Morgan fingerprint density at radius 2 is 0.804 bits per heavy atom. The van der Waals surface area contributed by atoms with Crippen LogP contribution < -0.4 is 0 Å². The fourth-order valence-electron chi connectivity index (χ4n) is 5.70. The molecule has 0 amide bonds. The Labute approximate surface area is 344 Å². The number of aliphatic hydroxyl groups is 1. The topological polar surface area (TPSA) is 72.8 Å². The summed E-state index contributed by atoms with van der Waals surface area (Å²) in [6, 6.07) is 0. The van der Waals surface area contributed by atoms with Gasteiger partial charge in [0.15, 0.2) is 6.10 Å². The van der Waals surface area contributed by atoms with Gasteiger partial charge < -0.3 is 14.6 Å². The van der Waals surface area contributed by atoms with Crippen molar-refractivity contribution < 1.29 is 24.2 Å². The zero-order chi connectivity index (χ0) is 40.7. The van der Waals surface area contributed by atoms with Gasteiger partial charge in [-0.25, -0.2) is 0 Å². The zero-order valence-corrected chi connectivity index (χ0v) is 35.8. The van der Waals surface area contributed by atoms with Crippen molar-refractivity contribution in [3.8, 4) is 0 Å². The van der Waals surface area contributed by atoms with Gasteiger partial charge in [0.05, 0.1) is 6.61 Å². The molecule has 0 rings (SSSR count). The summed E-state index contributed by atoms with van der Waals surface area (Å²) >= 11 is 0. The number of esters is 2. The van der Waals surface area contributed by atoms with E-state index < -0.39 is 12.1 Å². The highest BCUT2D eigenvalue weighted by Crippen LogP contribution is 2.12. The van der Waals surface area contributed by atoms with Crippen LogP contribution in [-0.4, -0.2) is 36.4 Å². The molecule has 0 radical (unpaired) electrons. The molecule has 1 unspecified atom stereocenters. The second-order valence-electron chi connectivity index (χ2n) is 14.4. The fraction of sp³-hybridized carbons (Fsp3) is 0.608. The predicted octanol–water partition coefficient (Wildman–Crippen LogP) is 14.6. The minimum atomic E-state index is -0.823. The van der Waals surface area contributed by atoms with Crippen LogP contribution in [0.5, 0.6) is 0 Å². The first-order chi connectivity index (χ1) is 27.6. The predicted molar refractivity (Wildman–Crippen MR) is 242 cm³/mol. The third-order valence-electron chi connectivity index (χ3n) is 9.06. The number of unbranched alkanes of at least 4 members (excludes halogenated alkanes) is 13. The molecule has 316 valence electrons. The molecule has 0 aliphatic carbocycles. The molecule has 0 aliphatic rings. The second-order valence-corrected chi connectivity index (χ2v) is 14.4. The average Bonchev–Trinajstić information content (AvgIpc) is 3.20. The van der Waals surface area contributed by atoms with E-state index in [4.69, 9.17) is 9.47 Å². The van der Waals surface area contributed by atoms with Crippen molar-refractivity contribution >= 4 is 11.9 Å². The SMILES string of the molecule is CC/C=C\C/C=C\C/C=C\C/C=C\C/C=C\C/C=C\CCC(=O)OC(CO)COC(=O)CCCCCCCCCC/C=C\C/C=C\C/C=C\CCCCCCC. The van der Waals surface area contributed by atoms with Crippen molar-refractivity contribution in [2.24, 2.45) is 0 Å². The summed E-state index contributed by atoms with van der Waals surface area (Å²) in [5.41, 5.74) is 0. The Balaban J connectivity index is 3.69. The van der Waals surface area contributed by atoms with Crippen molar-refractivity contribution in [1.29, 1.82) is 0 Å². The maximum Gasteiger partial charge on any atom is 0.306 e. The van der Waals surface area contributed by atoms with Gasteiger partial charge in [0.25, 0.3) is 0 Å². The van der Waals surface area contributed by atoms with Crippen LogP contribution in [0.15, 0.2) is 109 Å². The minimum Gasteiger partial charge on any atom is -0.462 e. The van der Waals surface area contributed by atoms with Crippen molar-refractivity contribution in [2.45, 2.75) is 187 Å². The molecule has 0 aromatic heterocycles. The van der Waals surface area contributed by atoms with Crippen molar-refractivity contribution in [1.82, 2.24) is 0 Å². The summed E-state index contributed by atoms with van der Waals surface area (Å²) in [6.07, 6.45) is 66.0. The largest absolute Gasteiger partial charge is 0.462 e. The molecule has 1 N–H and O–H groups in total. The summed E-state index contributed by atoms with van der Waals surface area (Å²) in [4.78, 5) is 24.3. The molecule has 0 aliphatic heterocycles. The lowest BCUT2D eigenvalue weighted by atomic mass is 10.1. The van der Waals surface area contributed by atoms with Crippen LogP contribution in [0.1, 0.15) is 181 Å². The van der Waals surface area contributed by atoms with Crippen LogP contribution in [0, 0.1) is 0 Å². The van der Waals surface area contributed by atoms with Gasteiger partial charge in [0, 0.05) is 12.8 Å². The van der Waals surface area contributed by atoms with E-state index in [0.717, 1.165) is 77.0 Å². The number of rotatable bonds is 39. The molecule has 0 fully saturated rings. The lowest BCUT2D eigenvalue weighted by Gasteiger charge is -2.15. The molecule has 0 saturated carbocycles. The van der Waals surface area contributed by atoms with E-state index in [1.807, 2.05) is 12.2 Å². The van der Waals surface area contributed by atoms with Gasteiger partial charge in [-0.3, -0.25) is 9.59 Å². The van der Waals surface area contributed by atoms with Gasteiger partial charge in [-0.05, 0) is 89.9 Å². The molecule has 0 aromatic rings. The normalized spacial score (nSPS) is 13.3. The van der Waals surface area contributed by atoms with E-state index >= 15 is 0 Å². The third-order valence-corrected chi connectivity index (χ3v) is 9.06. The molecule has 56 heavy (non-hydrogen) atoms. The van der Waals surface area contributed by atoms with Gasteiger partial charge in [0.1, 0.15) is 6.61 Å². The van der Waals surface area contributed by atoms with E-state index in [0.29, 0.717) is 12.8 Å². The highest BCUT2D eigenvalue weighted by molar-refractivity contribution is 5.70. The van der Waals surface area contributed by atoms with Crippen LogP contribution in [0.3, 0.4) is 0 Å². The first kappa shape index (κ1) is 52.6. The smallest absolute Gasteiger partial charge is 0.306 e. The molecule has 1 atom stereocenters. The average molecular weight is 775 g/mol. The molecular weight excluding hydrogens is 693 g/mol. The molecule has 5 heteroatoms. The van der Waals surface area contributed by atoms with E-state index in [-0.39, 0.29) is 25.6 Å². The Morgan fingerprint density at radius 3 is 1.23 bits per heavy atom. The van der Waals surface area contributed by atoms with Crippen LogP contribution in [0.25, 0.3) is 0 Å². The Kier molecular flexibility index (Phi) is 43.1. The maximum absolute atomic E-state index is 12.2. The lowest BCUT2D eigenvalue weighted by Crippen LogP contribution is -2.28.